The Labute approximate surface area is 100 Å². The Balaban J connectivity index is 1.98. The number of hydrogen-bond acceptors (Lipinski definition) is 1. The fourth-order valence-electron chi connectivity index (χ4n) is 2.63. The second-order valence-corrected chi connectivity index (χ2v) is 5.48. The van der Waals surface area contributed by atoms with Crippen molar-refractivity contribution in [2.24, 2.45) is 5.92 Å². The van der Waals surface area contributed by atoms with Crippen LogP contribution < -0.4 is 4.90 Å². The molecule has 3 rings (SSSR count). The topological polar surface area (TPSA) is 3.24 Å². The summed E-state index contributed by atoms with van der Waals surface area (Å²) in [5, 5.41) is 0.584. The fraction of sp³-hybridized carbons (Fsp3) is 0.538. The van der Waals surface area contributed by atoms with Crippen LogP contribution in [0.1, 0.15) is 31.2 Å². The zero-order valence-corrected chi connectivity index (χ0v) is 10.1. The first-order chi connectivity index (χ1) is 7.65. The molecule has 1 fully saturated rings. The van der Waals surface area contributed by atoms with E-state index in [1.54, 1.807) is 6.07 Å². The molecular weight excluding hydrogens is 225 g/mol. The van der Waals surface area contributed by atoms with Gasteiger partial charge in [0, 0.05) is 29.7 Å². The summed E-state index contributed by atoms with van der Waals surface area (Å²) in [4.78, 5) is 2.30. The Bertz CT molecular complexity index is 428. The molecule has 0 aromatic heterocycles. The molecule has 0 bridgehead atoms. The van der Waals surface area contributed by atoms with Crippen molar-refractivity contribution in [1.29, 1.82) is 0 Å². The van der Waals surface area contributed by atoms with Crippen LogP contribution in [0.15, 0.2) is 12.1 Å². The van der Waals surface area contributed by atoms with Crippen molar-refractivity contribution in [3.8, 4) is 0 Å². The van der Waals surface area contributed by atoms with E-state index < -0.39 is 0 Å². The molecule has 3 heteroatoms. The van der Waals surface area contributed by atoms with E-state index in [9.17, 15) is 4.39 Å². The molecule has 86 valence electrons. The minimum Gasteiger partial charge on any atom is -0.370 e. The average Bonchev–Trinajstić information content (AvgIpc) is 2.93. The van der Waals surface area contributed by atoms with Crippen molar-refractivity contribution in [3.05, 3.63) is 28.5 Å². The Hall–Kier alpha value is -0.760. The van der Waals surface area contributed by atoms with Gasteiger partial charge in [0.2, 0.25) is 0 Å². The van der Waals surface area contributed by atoms with Gasteiger partial charge >= 0.3 is 0 Å². The van der Waals surface area contributed by atoms with Gasteiger partial charge in [0.25, 0.3) is 0 Å². The standard InChI is InChI=1S/C13H15ClFN/c1-8-6-16(7-9-2-3-9)12-5-10(15)4-11(14)13(8)12/h4-5,8-9H,2-3,6-7H2,1H3. The van der Waals surface area contributed by atoms with Crippen molar-refractivity contribution in [2.75, 3.05) is 18.0 Å². The molecule has 1 unspecified atom stereocenters. The van der Waals surface area contributed by atoms with Crippen LogP contribution in [-0.2, 0) is 0 Å². The Kier molecular flexibility index (Phi) is 2.36. The highest BCUT2D eigenvalue weighted by Gasteiger charge is 2.32. The lowest BCUT2D eigenvalue weighted by Gasteiger charge is -2.19. The monoisotopic (exact) mass is 239 g/mol. The molecule has 0 spiro atoms. The molecule has 1 aromatic carbocycles. The van der Waals surface area contributed by atoms with Crippen molar-refractivity contribution in [2.45, 2.75) is 25.7 Å². The van der Waals surface area contributed by atoms with Gasteiger partial charge in [0.05, 0.1) is 0 Å². The Morgan fingerprint density at radius 1 is 1.44 bits per heavy atom. The van der Waals surface area contributed by atoms with Gasteiger partial charge in [-0.25, -0.2) is 4.39 Å². The van der Waals surface area contributed by atoms with Gasteiger partial charge in [-0.2, -0.15) is 0 Å². The molecule has 0 N–H and O–H groups in total. The molecular formula is C13H15ClFN. The minimum atomic E-state index is -0.223. The first-order valence-electron chi connectivity index (χ1n) is 5.89. The van der Waals surface area contributed by atoms with E-state index in [4.69, 9.17) is 11.6 Å². The maximum absolute atomic E-state index is 13.4. The normalized spacial score (nSPS) is 23.7. The summed E-state index contributed by atoms with van der Waals surface area (Å²) in [6.45, 7) is 4.21. The summed E-state index contributed by atoms with van der Waals surface area (Å²) < 4.78 is 13.4. The molecule has 1 atom stereocenters. The van der Waals surface area contributed by atoms with Crippen LogP contribution in [0.4, 0.5) is 10.1 Å². The summed E-state index contributed by atoms with van der Waals surface area (Å²) in [6.07, 6.45) is 2.65. The predicted molar refractivity (Wildman–Crippen MR) is 64.8 cm³/mol. The van der Waals surface area contributed by atoms with E-state index >= 15 is 0 Å². The molecule has 1 aromatic rings. The highest BCUT2D eigenvalue weighted by molar-refractivity contribution is 6.32. The number of anilines is 1. The van der Waals surface area contributed by atoms with Crippen molar-refractivity contribution < 1.29 is 4.39 Å². The molecule has 1 saturated carbocycles. The van der Waals surface area contributed by atoms with E-state index in [-0.39, 0.29) is 5.82 Å². The second kappa shape index (κ2) is 3.63. The van der Waals surface area contributed by atoms with Crippen molar-refractivity contribution in [1.82, 2.24) is 0 Å². The quantitative estimate of drug-likeness (QED) is 0.759. The molecule has 1 heterocycles. The van der Waals surface area contributed by atoms with Crippen LogP contribution in [0.3, 0.4) is 0 Å². The maximum Gasteiger partial charge on any atom is 0.126 e. The van der Waals surface area contributed by atoms with Gasteiger partial charge in [-0.1, -0.05) is 18.5 Å². The van der Waals surface area contributed by atoms with Crippen LogP contribution in [0.2, 0.25) is 5.02 Å². The van der Waals surface area contributed by atoms with E-state index in [1.165, 1.54) is 18.9 Å². The van der Waals surface area contributed by atoms with Crippen LogP contribution in [0.25, 0.3) is 0 Å². The lowest BCUT2D eigenvalue weighted by Crippen LogP contribution is -2.23. The summed E-state index contributed by atoms with van der Waals surface area (Å²) in [5.41, 5.74) is 2.15. The fourth-order valence-corrected chi connectivity index (χ4v) is 3.01. The largest absolute Gasteiger partial charge is 0.370 e. The Morgan fingerprint density at radius 3 is 2.88 bits per heavy atom. The van der Waals surface area contributed by atoms with Gasteiger partial charge in [-0.15, -0.1) is 0 Å². The zero-order chi connectivity index (χ0) is 11.3. The third-order valence-electron chi connectivity index (χ3n) is 3.58. The minimum absolute atomic E-state index is 0.223. The average molecular weight is 240 g/mol. The highest BCUT2D eigenvalue weighted by Crippen LogP contribution is 2.43. The third-order valence-corrected chi connectivity index (χ3v) is 3.89. The first kappa shape index (κ1) is 10.4. The van der Waals surface area contributed by atoms with E-state index in [0.29, 0.717) is 10.9 Å². The molecule has 0 saturated heterocycles. The third kappa shape index (κ3) is 1.69. The lowest BCUT2D eigenvalue weighted by molar-refractivity contribution is 0.627. The number of rotatable bonds is 2. The lowest BCUT2D eigenvalue weighted by atomic mass is 10.0. The van der Waals surface area contributed by atoms with Gasteiger partial charge in [0.1, 0.15) is 5.82 Å². The zero-order valence-electron chi connectivity index (χ0n) is 9.34. The first-order valence-corrected chi connectivity index (χ1v) is 6.27. The predicted octanol–water partition coefficient (Wildman–Crippen LogP) is 3.81. The van der Waals surface area contributed by atoms with Gasteiger partial charge in [0.15, 0.2) is 0 Å². The molecule has 1 aliphatic heterocycles. The van der Waals surface area contributed by atoms with E-state index in [2.05, 4.69) is 11.8 Å². The summed E-state index contributed by atoms with van der Waals surface area (Å²) in [5.74, 6) is 1.01. The van der Waals surface area contributed by atoms with Crippen LogP contribution in [0.5, 0.6) is 0 Å². The number of nitrogens with zero attached hydrogens (tertiary/aromatic N) is 1. The van der Waals surface area contributed by atoms with Gasteiger partial charge in [-0.05, 0) is 36.5 Å². The number of halogens is 2. The number of fused-ring (bicyclic) bond motifs is 1. The van der Waals surface area contributed by atoms with E-state index in [1.807, 2.05) is 0 Å². The Morgan fingerprint density at radius 2 is 2.19 bits per heavy atom. The summed E-state index contributed by atoms with van der Waals surface area (Å²) >= 11 is 6.12. The van der Waals surface area contributed by atoms with Gasteiger partial charge in [-0.3, -0.25) is 0 Å². The SMILES string of the molecule is CC1CN(CC2CC2)c2cc(F)cc(Cl)c21. The number of hydrogen-bond donors (Lipinski definition) is 0. The molecule has 16 heavy (non-hydrogen) atoms. The number of benzene rings is 1. The van der Waals surface area contributed by atoms with Gasteiger partial charge < -0.3 is 4.90 Å². The van der Waals surface area contributed by atoms with E-state index in [0.717, 1.165) is 30.3 Å². The molecule has 2 aliphatic rings. The molecule has 1 nitrogen and oxygen atoms in total. The van der Waals surface area contributed by atoms with Crippen LogP contribution in [0, 0.1) is 11.7 Å². The molecule has 0 radical (unpaired) electrons. The molecule has 0 amide bonds. The maximum atomic E-state index is 13.4. The summed E-state index contributed by atoms with van der Waals surface area (Å²) in [7, 11) is 0. The summed E-state index contributed by atoms with van der Waals surface area (Å²) in [6, 6.07) is 3.06. The van der Waals surface area contributed by atoms with Crippen LogP contribution >= 0.6 is 11.6 Å². The second-order valence-electron chi connectivity index (χ2n) is 5.07. The van der Waals surface area contributed by atoms with Crippen molar-refractivity contribution >= 4 is 17.3 Å². The van der Waals surface area contributed by atoms with Crippen LogP contribution in [-0.4, -0.2) is 13.1 Å². The highest BCUT2D eigenvalue weighted by atomic mass is 35.5. The van der Waals surface area contributed by atoms with Crippen molar-refractivity contribution in [3.63, 3.8) is 0 Å². The smallest absolute Gasteiger partial charge is 0.126 e. The molecule has 1 aliphatic carbocycles.